The van der Waals surface area contributed by atoms with E-state index in [-0.39, 0.29) is 45.9 Å². The van der Waals surface area contributed by atoms with E-state index in [0.29, 0.717) is 26.2 Å². The number of unbranched alkanes of at least 4 members (excludes halogenated alkanes) is 28. The number of carbonyl (C=O) groups is 4. The second-order valence-electron chi connectivity index (χ2n) is 16.9. The lowest BCUT2D eigenvalue weighted by atomic mass is 9.95. The van der Waals surface area contributed by atoms with E-state index in [1.807, 2.05) is 0 Å². The summed E-state index contributed by atoms with van der Waals surface area (Å²) < 4.78 is 0. The molecule has 0 aliphatic heterocycles. The fraction of sp³-hybridized carbons (Fsp3) is 0.800. The molecule has 1 rings (SSSR count). The minimum absolute atomic E-state index is 0.143. The first-order valence-electron chi connectivity index (χ1n) is 24.7. The van der Waals surface area contributed by atoms with Gasteiger partial charge in [-0.25, -0.2) is 0 Å². The maximum Gasteiger partial charge on any atom is 0.252 e. The second-order valence-corrected chi connectivity index (χ2v) is 16.9. The molecule has 0 atom stereocenters. The number of amides is 4. The van der Waals surface area contributed by atoms with Gasteiger partial charge in [0.15, 0.2) is 0 Å². The van der Waals surface area contributed by atoms with Gasteiger partial charge in [0.1, 0.15) is 0 Å². The average Bonchev–Trinajstić information content (AvgIpc) is 3.23. The molecule has 0 saturated heterocycles. The molecule has 0 bridgehead atoms. The van der Waals surface area contributed by atoms with Crippen molar-refractivity contribution in [2.24, 2.45) is 0 Å². The van der Waals surface area contributed by atoms with E-state index in [1.165, 1.54) is 141 Å². The fourth-order valence-electron chi connectivity index (χ4n) is 7.58. The smallest absolute Gasteiger partial charge is 0.252 e. The first kappa shape index (κ1) is 53.1. The maximum absolute atomic E-state index is 13.8. The molecule has 8 heteroatoms. The lowest BCUT2D eigenvalue weighted by Crippen LogP contribution is -2.34. The largest absolute Gasteiger partial charge is 0.352 e. The summed E-state index contributed by atoms with van der Waals surface area (Å²) >= 11 is 0. The van der Waals surface area contributed by atoms with Crippen LogP contribution >= 0.6 is 0 Å². The zero-order valence-electron chi connectivity index (χ0n) is 38.2. The Morgan fingerprint density at radius 3 is 0.603 bits per heavy atom. The van der Waals surface area contributed by atoms with E-state index in [2.05, 4.69) is 49.0 Å². The standard InChI is InChI=1S/C50H90N4O4/c1-5-9-13-17-21-25-29-33-37-51-47(55)43-41-45(49(57)53-39-35-31-27-23-19-15-11-7-3)46(50(58)54-40-36-32-28-24-20-16-12-8-4)42-44(43)48(56)52-38-34-30-26-22-18-14-10-6-2/h41-42H,5-40H2,1-4H3,(H,51,55)(H,52,56)(H,53,57)(H,54,58). The Labute approximate surface area is 356 Å². The van der Waals surface area contributed by atoms with Crippen LogP contribution in [0.15, 0.2) is 12.1 Å². The summed E-state index contributed by atoms with van der Waals surface area (Å²) in [7, 11) is 0. The lowest BCUT2D eigenvalue weighted by molar-refractivity contribution is 0.0907. The third-order valence-electron chi connectivity index (χ3n) is 11.4. The molecule has 0 aromatic heterocycles. The highest BCUT2D eigenvalue weighted by Crippen LogP contribution is 2.20. The van der Waals surface area contributed by atoms with Gasteiger partial charge in [-0.15, -0.1) is 0 Å². The number of hydrogen-bond donors (Lipinski definition) is 4. The predicted molar refractivity (Wildman–Crippen MR) is 246 cm³/mol. The Balaban J connectivity index is 3.14. The van der Waals surface area contributed by atoms with Crippen molar-refractivity contribution in [2.75, 3.05) is 26.2 Å². The van der Waals surface area contributed by atoms with Crippen molar-refractivity contribution >= 4 is 23.6 Å². The molecule has 0 unspecified atom stereocenters. The summed E-state index contributed by atoms with van der Waals surface area (Å²) in [5.41, 5.74) is 0.573. The summed E-state index contributed by atoms with van der Waals surface area (Å²) in [6, 6.07) is 2.98. The molecule has 4 N–H and O–H groups in total. The molecule has 0 spiro atoms. The Morgan fingerprint density at radius 1 is 0.276 bits per heavy atom. The zero-order valence-corrected chi connectivity index (χ0v) is 38.2. The van der Waals surface area contributed by atoms with E-state index in [4.69, 9.17) is 0 Å². The minimum Gasteiger partial charge on any atom is -0.352 e. The van der Waals surface area contributed by atoms with E-state index >= 15 is 0 Å². The Bertz CT molecular complexity index is 1020. The molecule has 4 amide bonds. The van der Waals surface area contributed by atoms with Gasteiger partial charge in [-0.3, -0.25) is 19.2 Å². The highest BCUT2D eigenvalue weighted by atomic mass is 16.2. The van der Waals surface area contributed by atoms with Gasteiger partial charge in [-0.2, -0.15) is 0 Å². The lowest BCUT2D eigenvalue weighted by Gasteiger charge is -2.17. The summed E-state index contributed by atoms with van der Waals surface area (Å²) in [5.74, 6) is -1.54. The normalized spacial score (nSPS) is 11.1. The molecule has 0 heterocycles. The van der Waals surface area contributed by atoms with E-state index in [9.17, 15) is 19.2 Å². The summed E-state index contributed by atoms with van der Waals surface area (Å²) in [6.07, 6.45) is 37.1. The van der Waals surface area contributed by atoms with Crippen molar-refractivity contribution in [1.29, 1.82) is 0 Å². The summed E-state index contributed by atoms with van der Waals surface area (Å²) in [5, 5.41) is 12.1. The molecule has 0 aliphatic carbocycles. The maximum atomic E-state index is 13.8. The van der Waals surface area contributed by atoms with Crippen molar-refractivity contribution in [3.05, 3.63) is 34.4 Å². The molecule has 0 radical (unpaired) electrons. The molecular weight excluding hydrogens is 721 g/mol. The third-order valence-corrected chi connectivity index (χ3v) is 11.4. The highest BCUT2D eigenvalue weighted by molar-refractivity contribution is 6.14. The quantitative estimate of drug-likeness (QED) is 0.0494. The molecule has 8 nitrogen and oxygen atoms in total. The van der Waals surface area contributed by atoms with Crippen LogP contribution in [0.1, 0.15) is 275 Å². The van der Waals surface area contributed by atoms with Crippen LogP contribution in [0.4, 0.5) is 0 Å². The van der Waals surface area contributed by atoms with Crippen molar-refractivity contribution in [2.45, 2.75) is 233 Å². The predicted octanol–water partition coefficient (Wildman–Crippen LogP) is 13.2. The number of rotatable bonds is 40. The molecule has 0 aliphatic rings. The van der Waals surface area contributed by atoms with Gasteiger partial charge in [0.05, 0.1) is 22.3 Å². The summed E-state index contributed by atoms with van der Waals surface area (Å²) in [4.78, 5) is 55.3. The zero-order chi connectivity index (χ0) is 42.3. The Hall–Kier alpha value is -2.90. The monoisotopic (exact) mass is 811 g/mol. The Kier molecular flexibility index (Phi) is 35.1. The molecule has 0 saturated carbocycles. The van der Waals surface area contributed by atoms with Crippen LogP contribution < -0.4 is 21.3 Å². The van der Waals surface area contributed by atoms with Crippen LogP contribution in [0.3, 0.4) is 0 Å². The first-order valence-corrected chi connectivity index (χ1v) is 24.7. The third kappa shape index (κ3) is 27.0. The van der Waals surface area contributed by atoms with Crippen LogP contribution in [-0.4, -0.2) is 49.8 Å². The van der Waals surface area contributed by atoms with Crippen LogP contribution in [0, 0.1) is 0 Å². The number of nitrogens with one attached hydrogen (secondary N) is 4. The van der Waals surface area contributed by atoms with Gasteiger partial charge < -0.3 is 21.3 Å². The van der Waals surface area contributed by atoms with Crippen LogP contribution in [0.5, 0.6) is 0 Å². The highest BCUT2D eigenvalue weighted by Gasteiger charge is 2.26. The van der Waals surface area contributed by atoms with Crippen molar-refractivity contribution in [3.63, 3.8) is 0 Å². The van der Waals surface area contributed by atoms with Gasteiger partial charge >= 0.3 is 0 Å². The molecular formula is C50H90N4O4. The van der Waals surface area contributed by atoms with Gasteiger partial charge in [0.25, 0.3) is 23.6 Å². The number of benzene rings is 1. The molecule has 58 heavy (non-hydrogen) atoms. The minimum atomic E-state index is -0.386. The topological polar surface area (TPSA) is 116 Å². The Morgan fingerprint density at radius 2 is 0.431 bits per heavy atom. The van der Waals surface area contributed by atoms with Gasteiger partial charge in [-0.1, -0.05) is 207 Å². The molecule has 0 fully saturated rings. The van der Waals surface area contributed by atoms with Gasteiger partial charge in [-0.05, 0) is 37.8 Å². The van der Waals surface area contributed by atoms with Gasteiger partial charge in [0.2, 0.25) is 0 Å². The van der Waals surface area contributed by atoms with Gasteiger partial charge in [0, 0.05) is 26.2 Å². The van der Waals surface area contributed by atoms with Crippen molar-refractivity contribution < 1.29 is 19.2 Å². The van der Waals surface area contributed by atoms with E-state index in [0.717, 1.165) is 77.0 Å². The summed E-state index contributed by atoms with van der Waals surface area (Å²) in [6.45, 7) is 10.9. The van der Waals surface area contributed by atoms with Crippen molar-refractivity contribution in [1.82, 2.24) is 21.3 Å². The number of hydrogen-bond acceptors (Lipinski definition) is 4. The first-order chi connectivity index (χ1) is 28.4. The second kappa shape index (κ2) is 38.3. The average molecular weight is 811 g/mol. The fourth-order valence-corrected chi connectivity index (χ4v) is 7.58. The van der Waals surface area contributed by atoms with Crippen LogP contribution in [-0.2, 0) is 0 Å². The molecule has 1 aromatic rings. The molecule has 1 aromatic carbocycles. The van der Waals surface area contributed by atoms with Crippen molar-refractivity contribution in [3.8, 4) is 0 Å². The molecule has 334 valence electrons. The SMILES string of the molecule is CCCCCCCCCCNC(=O)c1cc(C(=O)NCCCCCCCCCC)c(C(=O)NCCCCCCCCCC)cc1C(=O)NCCCCCCCCCC. The van der Waals surface area contributed by atoms with Crippen LogP contribution in [0.25, 0.3) is 0 Å². The van der Waals surface area contributed by atoms with Crippen LogP contribution in [0.2, 0.25) is 0 Å². The van der Waals surface area contributed by atoms with E-state index < -0.39 is 0 Å². The number of carbonyl (C=O) groups excluding carboxylic acids is 4. The van der Waals surface area contributed by atoms with E-state index in [1.54, 1.807) is 0 Å².